The van der Waals surface area contributed by atoms with Crippen LogP contribution in [0.2, 0.25) is 0 Å². The molecule has 0 radical (unpaired) electrons. The zero-order valence-corrected chi connectivity index (χ0v) is 15.2. The molecular weight excluding hydrogens is 358 g/mol. The summed E-state index contributed by atoms with van der Waals surface area (Å²) in [6.07, 6.45) is 0.524. The Kier molecular flexibility index (Phi) is 6.21. The molecule has 1 aliphatic heterocycles. The molecule has 0 bridgehead atoms. The summed E-state index contributed by atoms with van der Waals surface area (Å²) in [4.78, 5) is 19.6. The van der Waals surface area contributed by atoms with Crippen LogP contribution in [-0.4, -0.2) is 42.9 Å². The highest BCUT2D eigenvalue weighted by molar-refractivity contribution is 7.13. The van der Waals surface area contributed by atoms with Gasteiger partial charge in [-0.25, -0.2) is 4.98 Å². The highest BCUT2D eigenvalue weighted by atomic mass is 32.1. The summed E-state index contributed by atoms with van der Waals surface area (Å²) >= 11 is 1.36. The van der Waals surface area contributed by atoms with Crippen LogP contribution in [0.25, 0.3) is 11.5 Å². The number of rotatable bonds is 7. The molecule has 0 aliphatic carbocycles. The van der Waals surface area contributed by atoms with E-state index in [4.69, 9.17) is 19.6 Å². The zero-order valence-electron chi connectivity index (χ0n) is 14.4. The van der Waals surface area contributed by atoms with Crippen LogP contribution in [0.1, 0.15) is 19.1 Å². The monoisotopic (exact) mass is 379 g/mol. The molecule has 26 heavy (non-hydrogen) atoms. The second kappa shape index (κ2) is 8.79. The van der Waals surface area contributed by atoms with Gasteiger partial charge in [-0.05, 0) is 12.1 Å². The Morgan fingerprint density at radius 1 is 1.38 bits per heavy atom. The van der Waals surface area contributed by atoms with E-state index in [0.717, 1.165) is 0 Å². The predicted molar refractivity (Wildman–Crippen MR) is 96.9 cm³/mol. The number of amides is 1. The van der Waals surface area contributed by atoms with Crippen molar-refractivity contribution in [3.8, 4) is 11.5 Å². The van der Waals surface area contributed by atoms with Gasteiger partial charge >= 0.3 is 0 Å². The molecule has 2 aromatic heterocycles. The number of hydrogen-bond donors (Lipinski definition) is 3. The van der Waals surface area contributed by atoms with Crippen molar-refractivity contribution < 1.29 is 18.7 Å². The van der Waals surface area contributed by atoms with Gasteiger partial charge in [-0.1, -0.05) is 0 Å². The number of furan rings is 1. The van der Waals surface area contributed by atoms with E-state index in [1.807, 2.05) is 11.4 Å². The van der Waals surface area contributed by atoms with Gasteiger partial charge in [-0.3, -0.25) is 4.79 Å². The SMILES string of the molecule is CC(=O)NCc1ccc(-c2csc(/N=C(\N)NCCC3OCCO3)n2)o1. The van der Waals surface area contributed by atoms with Crippen LogP contribution < -0.4 is 16.4 Å². The number of aliphatic imine (C=N–C) groups is 1. The van der Waals surface area contributed by atoms with Gasteiger partial charge < -0.3 is 30.3 Å². The van der Waals surface area contributed by atoms with E-state index in [2.05, 4.69) is 20.6 Å². The Labute approximate surface area is 154 Å². The largest absolute Gasteiger partial charge is 0.458 e. The van der Waals surface area contributed by atoms with Crippen LogP contribution in [0.4, 0.5) is 5.13 Å². The van der Waals surface area contributed by atoms with E-state index >= 15 is 0 Å². The minimum atomic E-state index is -0.174. The van der Waals surface area contributed by atoms with Gasteiger partial charge in [0, 0.05) is 25.3 Å². The third-order valence-electron chi connectivity index (χ3n) is 3.51. The number of aromatic nitrogens is 1. The minimum absolute atomic E-state index is 0.109. The smallest absolute Gasteiger partial charge is 0.217 e. The van der Waals surface area contributed by atoms with Crippen molar-refractivity contribution in [1.29, 1.82) is 0 Å². The number of carbonyl (C=O) groups is 1. The van der Waals surface area contributed by atoms with E-state index in [1.165, 1.54) is 18.3 Å². The molecule has 0 aromatic carbocycles. The molecular formula is C16H21N5O4S. The standard InChI is InChI=1S/C16H21N5O4S/c1-10(22)19-8-11-2-3-13(25-11)12-9-26-16(20-12)21-15(17)18-5-4-14-23-6-7-24-14/h2-3,9,14H,4-8H2,1H3,(H,19,22)(H3,17,18,20,21). The molecule has 9 nitrogen and oxygen atoms in total. The van der Waals surface area contributed by atoms with E-state index in [1.54, 1.807) is 6.07 Å². The number of hydrogen-bond acceptors (Lipinski definition) is 7. The Hall–Kier alpha value is -2.43. The number of nitrogens with zero attached hydrogens (tertiary/aromatic N) is 2. The van der Waals surface area contributed by atoms with Gasteiger partial charge in [0.2, 0.25) is 11.0 Å². The third-order valence-corrected chi connectivity index (χ3v) is 4.25. The lowest BCUT2D eigenvalue weighted by atomic mass is 10.3. The third kappa shape index (κ3) is 5.28. The summed E-state index contributed by atoms with van der Waals surface area (Å²) in [5.41, 5.74) is 6.54. The van der Waals surface area contributed by atoms with Crippen molar-refractivity contribution in [2.24, 2.45) is 10.7 Å². The van der Waals surface area contributed by atoms with Crippen molar-refractivity contribution in [2.45, 2.75) is 26.2 Å². The minimum Gasteiger partial charge on any atom is -0.458 e. The molecule has 4 N–H and O–H groups in total. The summed E-state index contributed by atoms with van der Waals surface area (Å²) < 4.78 is 16.4. The van der Waals surface area contributed by atoms with Gasteiger partial charge in [0.05, 0.1) is 19.8 Å². The summed E-state index contributed by atoms with van der Waals surface area (Å²) in [5, 5.41) is 8.06. The van der Waals surface area contributed by atoms with Crippen molar-refractivity contribution in [3.05, 3.63) is 23.3 Å². The number of carbonyl (C=O) groups excluding carboxylic acids is 1. The van der Waals surface area contributed by atoms with Crippen molar-refractivity contribution in [1.82, 2.24) is 15.6 Å². The van der Waals surface area contributed by atoms with Crippen LogP contribution in [0.15, 0.2) is 26.9 Å². The molecule has 0 atom stereocenters. The number of nitrogens with one attached hydrogen (secondary N) is 2. The molecule has 1 amide bonds. The normalized spacial score (nSPS) is 15.3. The van der Waals surface area contributed by atoms with Crippen molar-refractivity contribution in [2.75, 3.05) is 19.8 Å². The lowest BCUT2D eigenvalue weighted by Crippen LogP contribution is -2.33. The van der Waals surface area contributed by atoms with Gasteiger partial charge in [0.15, 0.2) is 18.0 Å². The summed E-state index contributed by atoms with van der Waals surface area (Å²) in [6.45, 7) is 3.67. The molecule has 2 aromatic rings. The predicted octanol–water partition coefficient (Wildman–Crippen LogP) is 1.34. The Bertz CT molecular complexity index is 766. The summed E-state index contributed by atoms with van der Waals surface area (Å²) in [6, 6.07) is 3.61. The lowest BCUT2D eigenvalue weighted by Gasteiger charge is -2.09. The molecule has 0 unspecified atom stereocenters. The highest BCUT2D eigenvalue weighted by Gasteiger charge is 2.15. The average Bonchev–Trinajstić information content (AvgIpc) is 3.34. The number of guanidine groups is 1. The molecule has 1 aliphatic rings. The second-order valence-electron chi connectivity index (χ2n) is 5.57. The van der Waals surface area contributed by atoms with Gasteiger partial charge in [-0.15, -0.1) is 11.3 Å². The van der Waals surface area contributed by atoms with Gasteiger partial charge in [0.25, 0.3) is 0 Å². The summed E-state index contributed by atoms with van der Waals surface area (Å²) in [7, 11) is 0. The number of ether oxygens (including phenoxy) is 2. The highest BCUT2D eigenvalue weighted by Crippen LogP contribution is 2.28. The fraction of sp³-hybridized carbons (Fsp3) is 0.438. The molecule has 0 saturated carbocycles. The maximum absolute atomic E-state index is 10.9. The molecule has 0 spiro atoms. The fourth-order valence-corrected chi connectivity index (χ4v) is 2.97. The maximum Gasteiger partial charge on any atom is 0.217 e. The molecule has 10 heteroatoms. The fourth-order valence-electron chi connectivity index (χ4n) is 2.29. The Morgan fingerprint density at radius 3 is 2.96 bits per heavy atom. The first-order valence-corrected chi connectivity index (χ1v) is 9.08. The average molecular weight is 379 g/mol. The van der Waals surface area contributed by atoms with E-state index in [-0.39, 0.29) is 18.2 Å². The molecule has 1 fully saturated rings. The van der Waals surface area contributed by atoms with Gasteiger partial charge in [0.1, 0.15) is 11.5 Å². The Balaban J connectivity index is 1.52. The number of thiazole rings is 1. The van der Waals surface area contributed by atoms with Crippen molar-refractivity contribution in [3.63, 3.8) is 0 Å². The van der Waals surface area contributed by atoms with Crippen LogP contribution in [0.5, 0.6) is 0 Å². The molecule has 3 heterocycles. The first-order chi connectivity index (χ1) is 12.6. The first kappa shape index (κ1) is 18.4. The molecule has 140 valence electrons. The van der Waals surface area contributed by atoms with Gasteiger partial charge in [-0.2, -0.15) is 4.99 Å². The van der Waals surface area contributed by atoms with Crippen LogP contribution >= 0.6 is 11.3 Å². The van der Waals surface area contributed by atoms with Crippen molar-refractivity contribution >= 4 is 28.3 Å². The first-order valence-electron chi connectivity index (χ1n) is 8.20. The van der Waals surface area contributed by atoms with E-state index in [0.29, 0.717) is 55.1 Å². The summed E-state index contributed by atoms with van der Waals surface area (Å²) in [5.74, 6) is 1.45. The number of nitrogens with two attached hydrogens (primary N) is 1. The molecule has 3 rings (SSSR count). The van der Waals surface area contributed by atoms with Crippen LogP contribution in [-0.2, 0) is 20.8 Å². The quantitative estimate of drug-likeness (QED) is 0.490. The maximum atomic E-state index is 10.9. The van der Waals surface area contributed by atoms with Crippen LogP contribution in [0.3, 0.4) is 0 Å². The zero-order chi connectivity index (χ0) is 18.4. The lowest BCUT2D eigenvalue weighted by molar-refractivity contribution is -0.119. The van der Waals surface area contributed by atoms with E-state index < -0.39 is 0 Å². The van der Waals surface area contributed by atoms with E-state index in [9.17, 15) is 4.79 Å². The Morgan fingerprint density at radius 2 is 2.19 bits per heavy atom. The topological polar surface area (TPSA) is 124 Å². The second-order valence-corrected chi connectivity index (χ2v) is 6.41. The molecule has 1 saturated heterocycles. The van der Waals surface area contributed by atoms with Crippen LogP contribution in [0, 0.1) is 0 Å².